The highest BCUT2D eigenvalue weighted by Gasteiger charge is 2.07. The number of nitrogens with one attached hydrogen (secondary N) is 2. The topological polar surface area (TPSA) is 61.4 Å². The fraction of sp³-hybridized carbons (Fsp3) is 0.467. The SMILES string of the molecule is Cc1ccccc1CC(=O)NCC(=O)NCCN(C)C. The van der Waals surface area contributed by atoms with Gasteiger partial charge in [-0.15, -0.1) is 0 Å². The van der Waals surface area contributed by atoms with Crippen molar-refractivity contribution >= 4 is 11.8 Å². The minimum Gasteiger partial charge on any atom is -0.353 e. The number of aryl methyl sites for hydroxylation is 1. The van der Waals surface area contributed by atoms with Gasteiger partial charge < -0.3 is 15.5 Å². The zero-order valence-electron chi connectivity index (χ0n) is 12.4. The van der Waals surface area contributed by atoms with Crippen LogP contribution in [-0.4, -0.2) is 50.4 Å². The molecule has 0 fully saturated rings. The third-order valence-electron chi connectivity index (χ3n) is 2.94. The molecule has 0 aromatic heterocycles. The van der Waals surface area contributed by atoms with Crippen LogP contribution in [0.2, 0.25) is 0 Å². The molecule has 0 aliphatic heterocycles. The van der Waals surface area contributed by atoms with E-state index in [1.807, 2.05) is 50.2 Å². The molecule has 0 heterocycles. The van der Waals surface area contributed by atoms with Crippen molar-refractivity contribution in [2.75, 3.05) is 33.7 Å². The highest BCUT2D eigenvalue weighted by atomic mass is 16.2. The van der Waals surface area contributed by atoms with Crippen LogP contribution < -0.4 is 10.6 Å². The van der Waals surface area contributed by atoms with Crippen LogP contribution in [0.3, 0.4) is 0 Å². The molecule has 0 unspecified atom stereocenters. The molecule has 2 N–H and O–H groups in total. The molecule has 0 atom stereocenters. The zero-order valence-corrected chi connectivity index (χ0v) is 12.4. The highest BCUT2D eigenvalue weighted by Crippen LogP contribution is 2.07. The van der Waals surface area contributed by atoms with Crippen LogP contribution in [0.4, 0.5) is 0 Å². The second kappa shape index (κ2) is 8.32. The molecule has 0 aliphatic carbocycles. The molecular weight excluding hydrogens is 254 g/mol. The third-order valence-corrected chi connectivity index (χ3v) is 2.94. The standard InChI is InChI=1S/C15H23N3O2/c1-12-6-4-5-7-13(12)10-14(19)17-11-15(20)16-8-9-18(2)3/h4-7H,8-11H2,1-3H3,(H,16,20)(H,17,19). The van der Waals surface area contributed by atoms with E-state index in [1.54, 1.807) is 0 Å². The Morgan fingerprint density at radius 1 is 1.10 bits per heavy atom. The molecule has 1 aromatic carbocycles. The lowest BCUT2D eigenvalue weighted by molar-refractivity contribution is -0.125. The number of carbonyl (C=O) groups is 2. The summed E-state index contributed by atoms with van der Waals surface area (Å²) in [4.78, 5) is 25.2. The smallest absolute Gasteiger partial charge is 0.239 e. The second-order valence-electron chi connectivity index (χ2n) is 5.03. The van der Waals surface area contributed by atoms with Gasteiger partial charge in [0, 0.05) is 13.1 Å². The molecule has 110 valence electrons. The van der Waals surface area contributed by atoms with Crippen molar-refractivity contribution in [1.82, 2.24) is 15.5 Å². The maximum Gasteiger partial charge on any atom is 0.239 e. The van der Waals surface area contributed by atoms with Crippen molar-refractivity contribution < 1.29 is 9.59 Å². The van der Waals surface area contributed by atoms with E-state index in [9.17, 15) is 9.59 Å². The minimum absolute atomic E-state index is 0.0259. The van der Waals surface area contributed by atoms with Gasteiger partial charge in [0.2, 0.25) is 11.8 Å². The normalized spacial score (nSPS) is 10.4. The van der Waals surface area contributed by atoms with Gasteiger partial charge >= 0.3 is 0 Å². The van der Waals surface area contributed by atoms with Crippen LogP contribution in [0.1, 0.15) is 11.1 Å². The first-order valence-electron chi connectivity index (χ1n) is 6.71. The van der Waals surface area contributed by atoms with Gasteiger partial charge in [-0.25, -0.2) is 0 Å². The lowest BCUT2D eigenvalue weighted by Gasteiger charge is -2.11. The molecule has 0 saturated heterocycles. The average molecular weight is 277 g/mol. The van der Waals surface area contributed by atoms with E-state index in [2.05, 4.69) is 10.6 Å². The molecule has 2 amide bonds. The fourth-order valence-corrected chi connectivity index (χ4v) is 1.70. The van der Waals surface area contributed by atoms with Crippen LogP contribution >= 0.6 is 0 Å². The summed E-state index contributed by atoms with van der Waals surface area (Å²) < 4.78 is 0. The second-order valence-corrected chi connectivity index (χ2v) is 5.03. The molecule has 5 nitrogen and oxygen atoms in total. The summed E-state index contributed by atoms with van der Waals surface area (Å²) in [6, 6.07) is 7.74. The van der Waals surface area contributed by atoms with Gasteiger partial charge in [0.15, 0.2) is 0 Å². The summed E-state index contributed by atoms with van der Waals surface area (Å²) >= 11 is 0. The Kier molecular flexibility index (Phi) is 6.73. The van der Waals surface area contributed by atoms with E-state index in [0.717, 1.165) is 17.7 Å². The Morgan fingerprint density at radius 3 is 2.45 bits per heavy atom. The monoisotopic (exact) mass is 277 g/mol. The fourth-order valence-electron chi connectivity index (χ4n) is 1.70. The van der Waals surface area contributed by atoms with E-state index in [4.69, 9.17) is 0 Å². The number of rotatable bonds is 7. The van der Waals surface area contributed by atoms with E-state index in [1.165, 1.54) is 0 Å². The van der Waals surface area contributed by atoms with Gasteiger partial charge in [-0.05, 0) is 32.1 Å². The van der Waals surface area contributed by atoms with Gasteiger partial charge in [0.1, 0.15) is 0 Å². The number of hydrogen-bond acceptors (Lipinski definition) is 3. The number of benzene rings is 1. The average Bonchev–Trinajstić information content (AvgIpc) is 2.39. The third kappa shape index (κ3) is 6.33. The van der Waals surface area contributed by atoms with Crippen molar-refractivity contribution in [3.05, 3.63) is 35.4 Å². The van der Waals surface area contributed by atoms with Crippen LogP contribution in [-0.2, 0) is 16.0 Å². The Hall–Kier alpha value is -1.88. The van der Waals surface area contributed by atoms with Crippen molar-refractivity contribution in [1.29, 1.82) is 0 Å². The quantitative estimate of drug-likeness (QED) is 0.755. The Morgan fingerprint density at radius 2 is 1.80 bits per heavy atom. The van der Waals surface area contributed by atoms with Gasteiger partial charge in [-0.3, -0.25) is 9.59 Å². The lowest BCUT2D eigenvalue weighted by atomic mass is 10.1. The van der Waals surface area contributed by atoms with E-state index in [0.29, 0.717) is 13.0 Å². The van der Waals surface area contributed by atoms with Gasteiger partial charge in [-0.2, -0.15) is 0 Å². The van der Waals surface area contributed by atoms with E-state index in [-0.39, 0.29) is 18.4 Å². The summed E-state index contributed by atoms with van der Waals surface area (Å²) in [7, 11) is 3.88. The zero-order chi connectivity index (χ0) is 15.0. The van der Waals surface area contributed by atoms with E-state index < -0.39 is 0 Å². The number of carbonyl (C=O) groups excluding carboxylic acids is 2. The van der Waals surface area contributed by atoms with Crippen LogP contribution in [0.15, 0.2) is 24.3 Å². The molecule has 0 spiro atoms. The number of amides is 2. The summed E-state index contributed by atoms with van der Waals surface area (Å²) in [5.41, 5.74) is 2.07. The Bertz CT molecular complexity index is 458. The maximum atomic E-state index is 11.8. The minimum atomic E-state index is -0.162. The van der Waals surface area contributed by atoms with Crippen molar-refractivity contribution in [3.63, 3.8) is 0 Å². The first-order chi connectivity index (χ1) is 9.49. The van der Waals surface area contributed by atoms with Crippen molar-refractivity contribution in [2.24, 2.45) is 0 Å². The van der Waals surface area contributed by atoms with Crippen LogP contribution in [0.25, 0.3) is 0 Å². The number of hydrogen-bond donors (Lipinski definition) is 2. The molecule has 0 bridgehead atoms. The molecule has 1 rings (SSSR count). The summed E-state index contributed by atoms with van der Waals surface area (Å²) in [5, 5.41) is 5.38. The molecule has 0 aliphatic rings. The summed E-state index contributed by atoms with van der Waals surface area (Å²) in [5.74, 6) is -0.299. The lowest BCUT2D eigenvalue weighted by Crippen LogP contribution is -2.39. The van der Waals surface area contributed by atoms with Gasteiger partial charge in [0.25, 0.3) is 0 Å². The van der Waals surface area contributed by atoms with Crippen LogP contribution in [0.5, 0.6) is 0 Å². The summed E-state index contributed by atoms with van der Waals surface area (Å²) in [6.45, 7) is 3.36. The number of nitrogens with zero attached hydrogens (tertiary/aromatic N) is 1. The Balaban J connectivity index is 2.26. The number of likely N-dealkylation sites (N-methyl/N-ethyl adjacent to an activating group) is 1. The first-order valence-corrected chi connectivity index (χ1v) is 6.71. The van der Waals surface area contributed by atoms with E-state index >= 15 is 0 Å². The Labute approximate surface area is 120 Å². The summed E-state index contributed by atoms with van der Waals surface area (Å²) in [6.07, 6.45) is 0.303. The van der Waals surface area contributed by atoms with Gasteiger partial charge in [0.05, 0.1) is 13.0 Å². The predicted octanol–water partition coefficient (Wildman–Crippen LogP) is 0.332. The van der Waals surface area contributed by atoms with Crippen molar-refractivity contribution in [2.45, 2.75) is 13.3 Å². The van der Waals surface area contributed by atoms with Crippen LogP contribution in [0, 0.1) is 6.92 Å². The van der Waals surface area contributed by atoms with Gasteiger partial charge in [-0.1, -0.05) is 24.3 Å². The molecule has 5 heteroatoms. The van der Waals surface area contributed by atoms with Crippen molar-refractivity contribution in [3.8, 4) is 0 Å². The predicted molar refractivity (Wildman–Crippen MR) is 79.5 cm³/mol. The largest absolute Gasteiger partial charge is 0.353 e. The molecular formula is C15H23N3O2. The maximum absolute atomic E-state index is 11.8. The molecule has 0 saturated carbocycles. The molecule has 1 aromatic rings. The molecule has 0 radical (unpaired) electrons. The highest BCUT2D eigenvalue weighted by molar-refractivity contribution is 5.85. The molecule has 20 heavy (non-hydrogen) atoms. The first kappa shape index (κ1) is 16.2.